The van der Waals surface area contributed by atoms with Gasteiger partial charge in [0.25, 0.3) is 0 Å². The molecule has 0 saturated heterocycles. The molecule has 0 aliphatic heterocycles. The summed E-state index contributed by atoms with van der Waals surface area (Å²) >= 11 is 0. The maximum absolute atomic E-state index is 6.01. The van der Waals surface area contributed by atoms with E-state index in [4.69, 9.17) is 10.5 Å². The molecule has 0 aliphatic rings. The minimum atomic E-state index is 0. The van der Waals surface area contributed by atoms with Crippen LogP contribution in [0.25, 0.3) is 17.1 Å². The van der Waals surface area contributed by atoms with E-state index >= 15 is 0 Å². The van der Waals surface area contributed by atoms with Crippen LogP contribution in [0.3, 0.4) is 0 Å². The van der Waals surface area contributed by atoms with E-state index in [0.717, 1.165) is 22.8 Å². The molecule has 3 rings (SSSR count). The lowest BCUT2D eigenvalue weighted by Gasteiger charge is -2.10. The fraction of sp³-hybridized carbons (Fsp3) is 0.125. The van der Waals surface area contributed by atoms with Gasteiger partial charge in [0, 0.05) is 18.0 Å². The third-order valence-corrected chi connectivity index (χ3v) is 3.31. The number of hydrogen-bond donors (Lipinski definition) is 1. The Morgan fingerprint density at radius 2 is 1.74 bits per heavy atom. The third kappa shape index (κ3) is 3.75. The van der Waals surface area contributed by atoms with Crippen molar-refractivity contribution >= 4 is 30.8 Å². The number of rotatable bonds is 3. The van der Waals surface area contributed by atoms with Crippen molar-refractivity contribution < 1.29 is 4.74 Å². The summed E-state index contributed by atoms with van der Waals surface area (Å²) < 4.78 is 7.12. The number of anilines is 1. The van der Waals surface area contributed by atoms with Gasteiger partial charge in [0.15, 0.2) is 0 Å². The third-order valence-electron chi connectivity index (χ3n) is 3.31. The van der Waals surface area contributed by atoms with Crippen LogP contribution in [0.2, 0.25) is 0 Å². The molecule has 7 heteroatoms. The molecule has 0 aliphatic carbocycles. The quantitative estimate of drug-likeness (QED) is 0.780. The van der Waals surface area contributed by atoms with Gasteiger partial charge in [-0.05, 0) is 25.1 Å². The second kappa shape index (κ2) is 7.85. The average molecular weight is 353 g/mol. The number of aryl methyl sites for hydroxylation is 1. The minimum Gasteiger partial charge on any atom is -0.497 e. The first-order chi connectivity index (χ1) is 10.2. The Bertz CT molecular complexity index is 772. The number of hydrogen-bond acceptors (Lipinski definition) is 4. The molecule has 23 heavy (non-hydrogen) atoms. The number of nitrogen functional groups attached to an aromatic ring is 1. The maximum Gasteiger partial charge on any atom is 0.205 e. The molecule has 0 atom stereocenters. The lowest BCUT2D eigenvalue weighted by Crippen LogP contribution is -2.03. The molecule has 5 nitrogen and oxygen atoms in total. The normalized spacial score (nSPS) is 9.65. The summed E-state index contributed by atoms with van der Waals surface area (Å²) in [5, 5.41) is 0. The lowest BCUT2D eigenvalue weighted by molar-refractivity contribution is 0.414. The van der Waals surface area contributed by atoms with Gasteiger partial charge in [-0.3, -0.25) is 9.55 Å². The van der Waals surface area contributed by atoms with Gasteiger partial charge in [-0.15, -0.1) is 24.8 Å². The van der Waals surface area contributed by atoms with Crippen molar-refractivity contribution in [1.29, 1.82) is 0 Å². The van der Waals surface area contributed by atoms with E-state index in [1.165, 1.54) is 5.56 Å². The summed E-state index contributed by atoms with van der Waals surface area (Å²) in [6.07, 6.45) is 3.42. The molecule has 1 aromatic carbocycles. The van der Waals surface area contributed by atoms with E-state index in [0.29, 0.717) is 5.95 Å². The summed E-state index contributed by atoms with van der Waals surface area (Å²) in [5.41, 5.74) is 9.75. The summed E-state index contributed by atoms with van der Waals surface area (Å²) in [6.45, 7) is 2.05. The van der Waals surface area contributed by atoms with Crippen molar-refractivity contribution in [2.75, 3.05) is 12.8 Å². The average Bonchev–Trinajstić information content (AvgIpc) is 2.90. The SMILES string of the molecule is COc1ccnc(-c2cnc(N)n2-c2ccc(C)cc2)c1.Cl.Cl. The topological polar surface area (TPSA) is 66.0 Å². The van der Waals surface area contributed by atoms with Crippen LogP contribution in [-0.4, -0.2) is 21.6 Å². The van der Waals surface area contributed by atoms with E-state index in [1.54, 1.807) is 25.6 Å². The zero-order valence-corrected chi connectivity index (χ0v) is 14.4. The van der Waals surface area contributed by atoms with Crippen LogP contribution in [0.15, 0.2) is 48.8 Å². The monoisotopic (exact) mass is 352 g/mol. The summed E-state index contributed by atoms with van der Waals surface area (Å²) in [5.74, 6) is 1.17. The van der Waals surface area contributed by atoms with Crippen LogP contribution < -0.4 is 10.5 Å². The Hall–Kier alpha value is -2.24. The fourth-order valence-electron chi connectivity index (χ4n) is 2.19. The molecule has 122 valence electrons. The Labute approximate surface area is 147 Å². The van der Waals surface area contributed by atoms with Crippen molar-refractivity contribution in [3.05, 3.63) is 54.4 Å². The largest absolute Gasteiger partial charge is 0.497 e. The van der Waals surface area contributed by atoms with Crippen LogP contribution in [0.5, 0.6) is 5.75 Å². The number of imidazole rings is 1. The first-order valence-electron chi connectivity index (χ1n) is 6.59. The molecule has 0 saturated carbocycles. The highest BCUT2D eigenvalue weighted by molar-refractivity contribution is 5.85. The van der Waals surface area contributed by atoms with Crippen molar-refractivity contribution in [3.63, 3.8) is 0 Å². The molecule has 0 fully saturated rings. The first kappa shape index (κ1) is 18.8. The van der Waals surface area contributed by atoms with E-state index in [-0.39, 0.29) is 24.8 Å². The van der Waals surface area contributed by atoms with Gasteiger partial charge in [-0.25, -0.2) is 4.98 Å². The number of methoxy groups -OCH3 is 1. The van der Waals surface area contributed by atoms with Gasteiger partial charge in [-0.2, -0.15) is 0 Å². The highest BCUT2D eigenvalue weighted by Gasteiger charge is 2.13. The minimum absolute atomic E-state index is 0. The van der Waals surface area contributed by atoms with Gasteiger partial charge in [-0.1, -0.05) is 17.7 Å². The van der Waals surface area contributed by atoms with Crippen LogP contribution in [0, 0.1) is 6.92 Å². The highest BCUT2D eigenvalue weighted by Crippen LogP contribution is 2.26. The number of nitrogens with two attached hydrogens (primary N) is 1. The molecule has 0 unspecified atom stereocenters. The number of nitrogens with zero attached hydrogens (tertiary/aromatic N) is 3. The van der Waals surface area contributed by atoms with Gasteiger partial charge < -0.3 is 10.5 Å². The van der Waals surface area contributed by atoms with Crippen molar-refractivity contribution in [1.82, 2.24) is 14.5 Å². The van der Waals surface area contributed by atoms with E-state index in [1.807, 2.05) is 41.8 Å². The molecule has 0 radical (unpaired) electrons. The predicted molar refractivity (Wildman–Crippen MR) is 97.0 cm³/mol. The highest BCUT2D eigenvalue weighted by atomic mass is 35.5. The van der Waals surface area contributed by atoms with Crippen LogP contribution in [0.4, 0.5) is 5.95 Å². The molecule has 0 bridgehead atoms. The van der Waals surface area contributed by atoms with Crippen LogP contribution in [0.1, 0.15) is 5.56 Å². The second-order valence-corrected chi connectivity index (χ2v) is 4.75. The molecular formula is C16H18Cl2N4O. The fourth-order valence-corrected chi connectivity index (χ4v) is 2.19. The Morgan fingerprint density at radius 3 is 2.39 bits per heavy atom. The summed E-state index contributed by atoms with van der Waals surface area (Å²) in [6, 6.07) is 11.8. The number of ether oxygens (including phenoxy) is 1. The van der Waals surface area contributed by atoms with E-state index in [9.17, 15) is 0 Å². The number of pyridine rings is 1. The molecular weight excluding hydrogens is 335 g/mol. The van der Waals surface area contributed by atoms with Gasteiger partial charge in [0.05, 0.1) is 24.7 Å². The van der Waals surface area contributed by atoms with Crippen molar-refractivity contribution in [2.24, 2.45) is 0 Å². The molecule has 2 aromatic heterocycles. The number of aromatic nitrogens is 3. The maximum atomic E-state index is 6.01. The number of halogens is 2. The number of benzene rings is 1. The summed E-state index contributed by atoms with van der Waals surface area (Å²) in [4.78, 5) is 8.59. The van der Waals surface area contributed by atoms with Crippen molar-refractivity contribution in [2.45, 2.75) is 6.92 Å². The zero-order chi connectivity index (χ0) is 14.8. The standard InChI is InChI=1S/C16H16N4O.2ClH/c1-11-3-5-12(6-4-11)20-15(10-19-16(20)17)14-9-13(21-2)7-8-18-14;;/h3-10H,1-2H3,(H2,17,19);2*1H. The van der Waals surface area contributed by atoms with Crippen LogP contribution in [-0.2, 0) is 0 Å². The first-order valence-corrected chi connectivity index (χ1v) is 6.59. The zero-order valence-electron chi connectivity index (χ0n) is 12.8. The molecule has 2 heterocycles. The predicted octanol–water partition coefficient (Wildman–Crippen LogP) is 3.68. The Morgan fingerprint density at radius 1 is 1.04 bits per heavy atom. The summed E-state index contributed by atoms with van der Waals surface area (Å²) in [7, 11) is 1.63. The molecule has 0 spiro atoms. The van der Waals surface area contributed by atoms with Gasteiger partial charge in [0.2, 0.25) is 5.95 Å². The Kier molecular flexibility index (Phi) is 6.42. The van der Waals surface area contributed by atoms with E-state index in [2.05, 4.69) is 9.97 Å². The second-order valence-electron chi connectivity index (χ2n) is 4.75. The van der Waals surface area contributed by atoms with Gasteiger partial charge >= 0.3 is 0 Å². The molecule has 0 amide bonds. The van der Waals surface area contributed by atoms with Crippen LogP contribution >= 0.6 is 24.8 Å². The van der Waals surface area contributed by atoms with E-state index < -0.39 is 0 Å². The molecule has 3 aromatic rings. The van der Waals surface area contributed by atoms with Crippen molar-refractivity contribution in [3.8, 4) is 22.8 Å². The Balaban J connectivity index is 0.00000132. The smallest absolute Gasteiger partial charge is 0.205 e. The molecule has 2 N–H and O–H groups in total. The van der Waals surface area contributed by atoms with Gasteiger partial charge in [0.1, 0.15) is 5.75 Å². The lowest BCUT2D eigenvalue weighted by atomic mass is 10.2.